The van der Waals surface area contributed by atoms with E-state index in [0.717, 1.165) is 51.4 Å². The summed E-state index contributed by atoms with van der Waals surface area (Å²) in [4.78, 5) is 25.4. The lowest BCUT2D eigenvalue weighted by atomic mass is 10.0. The van der Waals surface area contributed by atoms with Gasteiger partial charge in [-0.3, -0.25) is 9.36 Å². The molecule has 0 saturated heterocycles. The van der Waals surface area contributed by atoms with E-state index >= 15 is 0 Å². The predicted octanol–water partition coefficient (Wildman–Crippen LogP) is 15.4. The van der Waals surface area contributed by atoms with Crippen LogP contribution in [0, 0.1) is 0 Å². The van der Waals surface area contributed by atoms with Gasteiger partial charge in [0, 0.05) is 6.42 Å². The second-order valence-electron chi connectivity index (χ2n) is 19.9. The molecule has 0 aliphatic carbocycles. The lowest BCUT2D eigenvalue weighted by Crippen LogP contribution is -2.45. The summed E-state index contributed by atoms with van der Waals surface area (Å²) in [5, 5.41) is 13.9. The number of nitrogens with zero attached hydrogens (tertiary/aromatic N) is 1. The number of hydrogen-bond acceptors (Lipinski definition) is 6. The maximum atomic E-state index is 12.9. The Labute approximate surface area is 392 Å². The molecule has 2 N–H and O–H groups in total. The molecule has 0 saturated carbocycles. The summed E-state index contributed by atoms with van der Waals surface area (Å²) in [7, 11) is 1.26. The molecular formula is C54H107N2O6P. The molecule has 0 aromatic carbocycles. The van der Waals surface area contributed by atoms with Crippen molar-refractivity contribution >= 4 is 13.7 Å². The molecule has 0 heterocycles. The highest BCUT2D eigenvalue weighted by Gasteiger charge is 2.23. The SMILES string of the molecule is CCCCCCCC/C=C\CCCCCCCC(=O)NC(COP(=O)([O-])OCC[N+](C)(C)C)C(O)/C=C/CCCCCCCCCCCCCCCCCCCCCCCCCC. The molecule has 8 nitrogen and oxygen atoms in total. The quantitative estimate of drug-likeness (QED) is 0.0272. The van der Waals surface area contributed by atoms with E-state index in [1.165, 1.54) is 193 Å². The number of carbonyl (C=O) groups excluding carboxylic acids is 1. The number of amides is 1. The van der Waals surface area contributed by atoms with Gasteiger partial charge in [-0.1, -0.05) is 237 Å². The van der Waals surface area contributed by atoms with Crippen molar-refractivity contribution in [3.8, 4) is 0 Å². The molecule has 3 unspecified atom stereocenters. The molecule has 63 heavy (non-hydrogen) atoms. The van der Waals surface area contributed by atoms with E-state index in [9.17, 15) is 19.4 Å². The monoisotopic (exact) mass is 911 g/mol. The lowest BCUT2D eigenvalue weighted by molar-refractivity contribution is -0.870. The molecule has 0 fully saturated rings. The van der Waals surface area contributed by atoms with E-state index < -0.39 is 20.0 Å². The number of likely N-dealkylation sites (N-methyl/N-ethyl adjacent to an activating group) is 1. The fraction of sp³-hybridized carbons (Fsp3) is 0.907. The van der Waals surface area contributed by atoms with Crippen molar-refractivity contribution in [2.45, 2.75) is 276 Å². The zero-order chi connectivity index (χ0) is 46.4. The molecule has 0 aromatic rings. The molecule has 374 valence electrons. The van der Waals surface area contributed by atoms with Crippen LogP contribution in [-0.4, -0.2) is 68.5 Å². The predicted molar refractivity (Wildman–Crippen MR) is 270 cm³/mol. The summed E-state index contributed by atoms with van der Waals surface area (Å²) in [6, 6.07) is -0.889. The van der Waals surface area contributed by atoms with Gasteiger partial charge in [-0.05, 0) is 44.9 Å². The Morgan fingerprint density at radius 3 is 1.24 bits per heavy atom. The number of nitrogens with one attached hydrogen (secondary N) is 1. The smallest absolute Gasteiger partial charge is 0.268 e. The first kappa shape index (κ1) is 62.0. The van der Waals surface area contributed by atoms with Gasteiger partial charge in [0.25, 0.3) is 7.82 Å². The van der Waals surface area contributed by atoms with Gasteiger partial charge in [0.1, 0.15) is 13.2 Å². The second kappa shape index (κ2) is 46.1. The van der Waals surface area contributed by atoms with Crippen molar-refractivity contribution in [3.63, 3.8) is 0 Å². The van der Waals surface area contributed by atoms with Gasteiger partial charge < -0.3 is 28.8 Å². The van der Waals surface area contributed by atoms with Crippen LogP contribution in [0.25, 0.3) is 0 Å². The fourth-order valence-electron chi connectivity index (χ4n) is 8.09. The Kier molecular flexibility index (Phi) is 45.4. The number of phosphoric ester groups is 1. The first-order chi connectivity index (χ1) is 30.5. The van der Waals surface area contributed by atoms with Crippen molar-refractivity contribution in [1.82, 2.24) is 5.32 Å². The number of rotatable bonds is 50. The van der Waals surface area contributed by atoms with Gasteiger partial charge in [-0.15, -0.1) is 0 Å². The van der Waals surface area contributed by atoms with Crippen LogP contribution in [0.15, 0.2) is 24.3 Å². The second-order valence-corrected chi connectivity index (χ2v) is 21.3. The minimum Gasteiger partial charge on any atom is -0.756 e. The van der Waals surface area contributed by atoms with Gasteiger partial charge in [0.2, 0.25) is 5.91 Å². The minimum atomic E-state index is -4.59. The highest BCUT2D eigenvalue weighted by molar-refractivity contribution is 7.45. The average Bonchev–Trinajstić information content (AvgIpc) is 3.24. The number of carbonyl (C=O) groups is 1. The number of aliphatic hydroxyl groups excluding tert-OH is 1. The number of allylic oxidation sites excluding steroid dienone is 3. The molecule has 9 heteroatoms. The molecular weight excluding hydrogens is 804 g/mol. The topological polar surface area (TPSA) is 108 Å². The van der Waals surface area contributed by atoms with Crippen LogP contribution >= 0.6 is 7.82 Å². The molecule has 3 atom stereocenters. The molecule has 0 radical (unpaired) electrons. The molecule has 0 spiro atoms. The zero-order valence-electron chi connectivity index (χ0n) is 42.5. The lowest BCUT2D eigenvalue weighted by Gasteiger charge is -2.29. The molecule has 0 aromatic heterocycles. The van der Waals surface area contributed by atoms with Gasteiger partial charge >= 0.3 is 0 Å². The van der Waals surface area contributed by atoms with Crippen LogP contribution in [0.5, 0.6) is 0 Å². The van der Waals surface area contributed by atoms with Gasteiger partial charge in [-0.25, -0.2) is 0 Å². The van der Waals surface area contributed by atoms with Crippen molar-refractivity contribution in [2.24, 2.45) is 0 Å². The number of quaternary nitrogens is 1. The van der Waals surface area contributed by atoms with E-state index in [0.29, 0.717) is 17.4 Å². The number of aliphatic hydroxyl groups is 1. The normalized spacial score (nSPS) is 14.2. The van der Waals surface area contributed by atoms with Crippen molar-refractivity contribution < 1.29 is 32.9 Å². The van der Waals surface area contributed by atoms with E-state index in [1.807, 2.05) is 27.2 Å². The Hall–Kier alpha value is -1.02. The van der Waals surface area contributed by atoms with Crippen molar-refractivity contribution in [3.05, 3.63) is 24.3 Å². The fourth-order valence-corrected chi connectivity index (χ4v) is 8.81. The van der Waals surface area contributed by atoms with E-state index in [4.69, 9.17) is 9.05 Å². The minimum absolute atomic E-state index is 0.00116. The van der Waals surface area contributed by atoms with Crippen LogP contribution in [-0.2, 0) is 18.4 Å². The third-order valence-electron chi connectivity index (χ3n) is 12.4. The Bertz CT molecular complexity index is 1080. The molecule has 1 amide bonds. The molecule has 0 aliphatic heterocycles. The van der Waals surface area contributed by atoms with Gasteiger partial charge in [0.15, 0.2) is 0 Å². The number of phosphoric acid groups is 1. The highest BCUT2D eigenvalue weighted by atomic mass is 31.2. The maximum absolute atomic E-state index is 12.9. The van der Waals surface area contributed by atoms with Crippen LogP contribution < -0.4 is 10.2 Å². The summed E-state index contributed by atoms with van der Waals surface area (Å²) in [5.74, 6) is -0.203. The first-order valence-corrected chi connectivity index (χ1v) is 28.7. The van der Waals surface area contributed by atoms with Crippen LogP contribution in [0.4, 0.5) is 0 Å². The Morgan fingerprint density at radius 1 is 0.540 bits per heavy atom. The van der Waals surface area contributed by atoms with E-state index in [-0.39, 0.29) is 19.1 Å². The zero-order valence-corrected chi connectivity index (χ0v) is 43.4. The molecule has 0 bridgehead atoms. The van der Waals surface area contributed by atoms with Crippen LogP contribution in [0.3, 0.4) is 0 Å². The number of hydrogen-bond donors (Lipinski definition) is 2. The van der Waals surface area contributed by atoms with Crippen LogP contribution in [0.2, 0.25) is 0 Å². The molecule has 0 rings (SSSR count). The van der Waals surface area contributed by atoms with E-state index in [1.54, 1.807) is 6.08 Å². The van der Waals surface area contributed by atoms with Crippen LogP contribution in [0.1, 0.15) is 264 Å². The van der Waals surface area contributed by atoms with E-state index in [2.05, 4.69) is 31.3 Å². The summed E-state index contributed by atoms with van der Waals surface area (Å²) in [5.41, 5.74) is 0. The molecule has 0 aliphatic rings. The average molecular weight is 911 g/mol. The third kappa shape index (κ3) is 48.7. The Balaban J connectivity index is 4.20. The summed E-state index contributed by atoms with van der Waals surface area (Å²) >= 11 is 0. The largest absolute Gasteiger partial charge is 0.756 e. The Morgan fingerprint density at radius 2 is 0.873 bits per heavy atom. The first-order valence-electron chi connectivity index (χ1n) is 27.2. The van der Waals surface area contributed by atoms with Gasteiger partial charge in [-0.2, -0.15) is 0 Å². The van der Waals surface area contributed by atoms with Crippen molar-refractivity contribution in [2.75, 3.05) is 40.9 Å². The summed E-state index contributed by atoms with van der Waals surface area (Å²) < 4.78 is 23.3. The highest BCUT2D eigenvalue weighted by Crippen LogP contribution is 2.38. The van der Waals surface area contributed by atoms with Crippen molar-refractivity contribution in [1.29, 1.82) is 0 Å². The summed E-state index contributed by atoms with van der Waals surface area (Å²) in [6.45, 7) is 4.66. The number of unbranched alkanes of at least 4 members (excludes halogenated alkanes) is 35. The maximum Gasteiger partial charge on any atom is 0.268 e. The third-order valence-corrected chi connectivity index (χ3v) is 13.4. The summed E-state index contributed by atoms with van der Waals surface area (Å²) in [6.07, 6.45) is 56.8. The standard InChI is InChI=1S/C54H107N2O6P/c1-6-8-10-12-14-16-18-20-22-23-24-25-26-27-28-29-30-31-32-34-35-37-39-41-43-45-47-53(57)52(51-62-63(59,60)61-50-49-56(3,4)5)55-54(58)48-46-44-42-40-38-36-33-21-19-17-15-13-11-9-7-2/h21,33,45,47,52-53,57H,6-20,22-32,34-44,46,48-51H2,1-5H3,(H-,55,58,59,60)/b33-21-,47-45+. The van der Waals surface area contributed by atoms with Gasteiger partial charge in [0.05, 0.1) is 39.9 Å².